The predicted molar refractivity (Wildman–Crippen MR) is 87.5 cm³/mol. The maximum Gasteiger partial charge on any atom is 0.410 e. The summed E-state index contributed by atoms with van der Waals surface area (Å²) in [5.41, 5.74) is 2.49. The zero-order chi connectivity index (χ0) is 16.6. The molecular weight excluding hydrogens is 292 g/mol. The third kappa shape index (κ3) is 3.63. The number of ether oxygens (including phenoxy) is 1. The van der Waals surface area contributed by atoms with Gasteiger partial charge < -0.3 is 14.0 Å². The van der Waals surface area contributed by atoms with Gasteiger partial charge in [-0.2, -0.15) is 0 Å². The Balaban J connectivity index is 1.64. The first-order valence-electron chi connectivity index (χ1n) is 8.11. The molecule has 3 rings (SSSR count). The van der Waals surface area contributed by atoms with Crippen LogP contribution >= 0.6 is 0 Å². The molecule has 0 bridgehead atoms. The van der Waals surface area contributed by atoms with Gasteiger partial charge >= 0.3 is 6.09 Å². The summed E-state index contributed by atoms with van der Waals surface area (Å²) in [6.45, 7) is 9.08. The van der Waals surface area contributed by atoms with Crippen LogP contribution in [0.4, 0.5) is 4.79 Å². The van der Waals surface area contributed by atoms with E-state index >= 15 is 0 Å². The first-order valence-corrected chi connectivity index (χ1v) is 8.11. The van der Waals surface area contributed by atoms with Crippen molar-refractivity contribution in [2.45, 2.75) is 52.1 Å². The van der Waals surface area contributed by atoms with E-state index in [0.717, 1.165) is 29.9 Å². The summed E-state index contributed by atoms with van der Waals surface area (Å²) in [6, 6.07) is 0. The standard InChI is InChI=1S/C17H24N4O2/c1-12-10-21-11-14(18-9-15(21)19-12)13-5-7-20(8-6-13)16(22)23-17(2,3)4/h9-11,13H,5-8H2,1-4H3. The van der Waals surface area contributed by atoms with Gasteiger partial charge in [0.05, 0.1) is 17.6 Å². The summed E-state index contributed by atoms with van der Waals surface area (Å²) >= 11 is 0. The topological polar surface area (TPSA) is 59.7 Å². The van der Waals surface area contributed by atoms with Crippen molar-refractivity contribution in [2.24, 2.45) is 0 Å². The molecule has 6 heteroatoms. The molecule has 0 spiro atoms. The van der Waals surface area contributed by atoms with Gasteiger partial charge in [-0.05, 0) is 40.5 Å². The molecule has 1 fully saturated rings. The lowest BCUT2D eigenvalue weighted by molar-refractivity contribution is 0.0204. The fourth-order valence-electron chi connectivity index (χ4n) is 2.94. The van der Waals surface area contributed by atoms with E-state index < -0.39 is 5.60 Å². The molecule has 0 atom stereocenters. The maximum absolute atomic E-state index is 12.1. The molecule has 1 saturated heterocycles. The van der Waals surface area contributed by atoms with Crippen molar-refractivity contribution in [3.05, 3.63) is 30.0 Å². The number of fused-ring (bicyclic) bond motifs is 1. The molecule has 1 aliphatic rings. The summed E-state index contributed by atoms with van der Waals surface area (Å²) in [4.78, 5) is 22.9. The maximum atomic E-state index is 12.1. The second-order valence-electron chi connectivity index (χ2n) is 7.20. The largest absolute Gasteiger partial charge is 0.444 e. The Hall–Kier alpha value is -2.11. The number of carbonyl (C=O) groups is 1. The number of likely N-dealkylation sites (tertiary alicyclic amines) is 1. The normalized spacial score (nSPS) is 16.8. The summed E-state index contributed by atoms with van der Waals surface area (Å²) in [5.74, 6) is 0.376. The molecule has 124 valence electrons. The number of amides is 1. The fourth-order valence-corrected chi connectivity index (χ4v) is 2.94. The van der Waals surface area contributed by atoms with Crippen molar-refractivity contribution in [3.8, 4) is 0 Å². The van der Waals surface area contributed by atoms with Gasteiger partial charge in [-0.3, -0.25) is 4.98 Å². The number of aromatic nitrogens is 3. The van der Waals surface area contributed by atoms with Gasteiger partial charge in [0.25, 0.3) is 0 Å². The molecule has 1 aliphatic heterocycles. The van der Waals surface area contributed by atoms with Crippen LogP contribution in [0.25, 0.3) is 5.65 Å². The number of hydrogen-bond acceptors (Lipinski definition) is 4. The predicted octanol–water partition coefficient (Wildman–Crippen LogP) is 3.15. The van der Waals surface area contributed by atoms with E-state index in [1.54, 1.807) is 4.90 Å². The summed E-state index contributed by atoms with van der Waals surface area (Å²) in [5, 5.41) is 0. The third-order valence-corrected chi connectivity index (χ3v) is 4.05. The lowest BCUT2D eigenvalue weighted by atomic mass is 9.94. The van der Waals surface area contributed by atoms with Crippen LogP contribution in [0.2, 0.25) is 0 Å². The molecule has 1 amide bonds. The SMILES string of the molecule is Cc1cn2cc(C3CCN(C(=O)OC(C)(C)C)CC3)ncc2n1. The van der Waals surface area contributed by atoms with Crippen molar-refractivity contribution in [1.82, 2.24) is 19.3 Å². The van der Waals surface area contributed by atoms with Crippen molar-refractivity contribution in [1.29, 1.82) is 0 Å². The van der Waals surface area contributed by atoms with E-state index in [4.69, 9.17) is 4.74 Å². The van der Waals surface area contributed by atoms with E-state index in [2.05, 4.69) is 16.2 Å². The Bertz CT molecular complexity index is 709. The van der Waals surface area contributed by atoms with E-state index in [9.17, 15) is 4.79 Å². The molecule has 2 aromatic rings. The Morgan fingerprint density at radius 3 is 2.61 bits per heavy atom. The highest BCUT2D eigenvalue weighted by molar-refractivity contribution is 5.68. The quantitative estimate of drug-likeness (QED) is 0.811. The lowest BCUT2D eigenvalue weighted by Gasteiger charge is -2.33. The average molecular weight is 316 g/mol. The minimum absolute atomic E-state index is 0.218. The first-order chi connectivity index (χ1) is 10.8. The molecule has 0 N–H and O–H groups in total. The molecule has 3 heterocycles. The van der Waals surface area contributed by atoms with E-state index in [-0.39, 0.29) is 6.09 Å². The van der Waals surface area contributed by atoms with Gasteiger partial charge in [-0.25, -0.2) is 9.78 Å². The third-order valence-electron chi connectivity index (χ3n) is 4.05. The Morgan fingerprint density at radius 1 is 1.26 bits per heavy atom. The van der Waals surface area contributed by atoms with E-state index in [1.165, 1.54) is 0 Å². The van der Waals surface area contributed by atoms with E-state index in [0.29, 0.717) is 19.0 Å². The Labute approximate surface area is 136 Å². The van der Waals surface area contributed by atoms with Crippen LogP contribution in [0, 0.1) is 6.92 Å². The molecule has 0 unspecified atom stereocenters. The summed E-state index contributed by atoms with van der Waals surface area (Å²) < 4.78 is 7.46. The van der Waals surface area contributed by atoms with Crippen LogP contribution in [0.3, 0.4) is 0 Å². The fraction of sp³-hybridized carbons (Fsp3) is 0.588. The van der Waals surface area contributed by atoms with Crippen LogP contribution in [0.1, 0.15) is 50.9 Å². The minimum Gasteiger partial charge on any atom is -0.444 e. The molecule has 0 aromatic carbocycles. The van der Waals surface area contributed by atoms with Gasteiger partial charge in [0.1, 0.15) is 5.60 Å². The van der Waals surface area contributed by atoms with Gasteiger partial charge in [0, 0.05) is 31.4 Å². The van der Waals surface area contributed by atoms with Gasteiger partial charge in [0.15, 0.2) is 5.65 Å². The minimum atomic E-state index is -0.445. The smallest absolute Gasteiger partial charge is 0.410 e. The number of nitrogens with zero attached hydrogens (tertiary/aromatic N) is 4. The Kier molecular flexibility index (Phi) is 4.00. The summed E-state index contributed by atoms with van der Waals surface area (Å²) in [7, 11) is 0. The van der Waals surface area contributed by atoms with Gasteiger partial charge in [-0.15, -0.1) is 0 Å². The second-order valence-corrected chi connectivity index (χ2v) is 7.20. The van der Waals surface area contributed by atoms with Crippen molar-refractivity contribution in [2.75, 3.05) is 13.1 Å². The van der Waals surface area contributed by atoms with Gasteiger partial charge in [-0.1, -0.05) is 0 Å². The molecule has 0 saturated carbocycles. The highest BCUT2D eigenvalue weighted by atomic mass is 16.6. The summed E-state index contributed by atoms with van der Waals surface area (Å²) in [6.07, 6.45) is 7.49. The van der Waals surface area contributed by atoms with Crippen molar-refractivity contribution in [3.63, 3.8) is 0 Å². The highest BCUT2D eigenvalue weighted by Crippen LogP contribution is 2.27. The zero-order valence-electron chi connectivity index (χ0n) is 14.2. The molecule has 0 radical (unpaired) electrons. The number of carbonyl (C=O) groups excluding carboxylic acids is 1. The molecular formula is C17H24N4O2. The van der Waals surface area contributed by atoms with Crippen LogP contribution < -0.4 is 0 Å². The van der Waals surface area contributed by atoms with Crippen LogP contribution in [-0.4, -0.2) is 44.1 Å². The lowest BCUT2D eigenvalue weighted by Crippen LogP contribution is -2.41. The van der Waals surface area contributed by atoms with Gasteiger partial charge in [0.2, 0.25) is 0 Å². The molecule has 2 aromatic heterocycles. The number of rotatable bonds is 1. The number of hydrogen-bond donors (Lipinski definition) is 0. The van der Waals surface area contributed by atoms with Crippen molar-refractivity contribution >= 4 is 11.7 Å². The number of piperidine rings is 1. The monoisotopic (exact) mass is 316 g/mol. The first kappa shape index (κ1) is 15.8. The van der Waals surface area contributed by atoms with E-state index in [1.807, 2.05) is 44.5 Å². The Morgan fingerprint density at radius 2 is 1.96 bits per heavy atom. The molecule has 0 aliphatic carbocycles. The highest BCUT2D eigenvalue weighted by Gasteiger charge is 2.28. The van der Waals surface area contributed by atoms with Crippen LogP contribution in [0.15, 0.2) is 18.6 Å². The average Bonchev–Trinajstić information content (AvgIpc) is 2.84. The van der Waals surface area contributed by atoms with Crippen LogP contribution in [-0.2, 0) is 4.74 Å². The molecule has 6 nitrogen and oxygen atoms in total. The molecule has 23 heavy (non-hydrogen) atoms. The second kappa shape index (κ2) is 5.83. The van der Waals surface area contributed by atoms with Crippen molar-refractivity contribution < 1.29 is 9.53 Å². The zero-order valence-corrected chi connectivity index (χ0v) is 14.2. The number of aryl methyl sites for hydroxylation is 1. The number of imidazole rings is 1. The van der Waals surface area contributed by atoms with Crippen LogP contribution in [0.5, 0.6) is 0 Å².